The van der Waals surface area contributed by atoms with Crippen LogP contribution in [0.5, 0.6) is 0 Å². The summed E-state index contributed by atoms with van der Waals surface area (Å²) in [4.78, 5) is 18.8. The second-order valence-electron chi connectivity index (χ2n) is 6.23. The van der Waals surface area contributed by atoms with E-state index in [1.807, 2.05) is 16.8 Å². The summed E-state index contributed by atoms with van der Waals surface area (Å²) < 4.78 is 21.1. The van der Waals surface area contributed by atoms with Crippen LogP contribution in [0.3, 0.4) is 0 Å². The number of hydrogen-bond donors (Lipinski definition) is 0. The maximum Gasteiger partial charge on any atom is 0.254 e. The molecule has 0 saturated carbocycles. The highest BCUT2D eigenvalue weighted by atomic mass is 19.1. The molecule has 5 nitrogen and oxygen atoms in total. The number of aryl methyl sites for hydroxylation is 1. The van der Waals surface area contributed by atoms with E-state index >= 15 is 0 Å². The average molecular weight is 339 g/mol. The van der Waals surface area contributed by atoms with Crippen molar-refractivity contribution in [2.75, 3.05) is 19.7 Å². The number of carbonyl (C=O) groups excluding carboxylic acids is 1. The van der Waals surface area contributed by atoms with Gasteiger partial charge in [-0.25, -0.2) is 9.37 Å². The van der Waals surface area contributed by atoms with Gasteiger partial charge in [-0.05, 0) is 36.2 Å². The number of rotatable bonds is 2. The van der Waals surface area contributed by atoms with Crippen LogP contribution in [0.4, 0.5) is 4.39 Å². The number of imidazole rings is 1. The Bertz CT molecular complexity index is 937. The largest absolute Gasteiger partial charge is 0.370 e. The van der Waals surface area contributed by atoms with Gasteiger partial charge in [0.05, 0.1) is 13.2 Å². The number of halogens is 1. The average Bonchev–Trinajstić information content (AvgIpc) is 3.11. The molecule has 3 aromatic rings. The Hall–Kier alpha value is -2.73. The lowest BCUT2D eigenvalue weighted by Gasteiger charge is -2.33. The Kier molecular flexibility index (Phi) is 3.97. The molecule has 3 heterocycles. The highest BCUT2D eigenvalue weighted by Gasteiger charge is 2.26. The van der Waals surface area contributed by atoms with Crippen molar-refractivity contribution in [2.24, 2.45) is 0 Å². The monoisotopic (exact) mass is 339 g/mol. The summed E-state index contributed by atoms with van der Waals surface area (Å²) >= 11 is 0. The zero-order chi connectivity index (χ0) is 17.4. The first kappa shape index (κ1) is 15.8. The van der Waals surface area contributed by atoms with Crippen LogP contribution in [0.1, 0.15) is 27.6 Å². The summed E-state index contributed by atoms with van der Waals surface area (Å²) in [6, 6.07) is 8.53. The van der Waals surface area contributed by atoms with Gasteiger partial charge < -0.3 is 14.0 Å². The normalized spacial score (nSPS) is 17.8. The third-order valence-electron chi connectivity index (χ3n) is 4.55. The van der Waals surface area contributed by atoms with E-state index in [2.05, 4.69) is 4.98 Å². The van der Waals surface area contributed by atoms with Crippen molar-refractivity contribution in [1.29, 1.82) is 0 Å². The third kappa shape index (κ3) is 3.00. The molecule has 6 heteroatoms. The molecular formula is C19H18FN3O2. The molecule has 0 unspecified atom stereocenters. The van der Waals surface area contributed by atoms with Crippen molar-refractivity contribution in [3.8, 4) is 0 Å². The Morgan fingerprint density at radius 3 is 3.00 bits per heavy atom. The van der Waals surface area contributed by atoms with E-state index < -0.39 is 0 Å². The third-order valence-corrected chi connectivity index (χ3v) is 4.55. The van der Waals surface area contributed by atoms with Crippen molar-refractivity contribution in [3.05, 3.63) is 71.4 Å². The summed E-state index contributed by atoms with van der Waals surface area (Å²) in [5.41, 5.74) is 2.81. The van der Waals surface area contributed by atoms with Crippen molar-refractivity contribution >= 4 is 11.6 Å². The van der Waals surface area contributed by atoms with Crippen LogP contribution < -0.4 is 0 Å². The van der Waals surface area contributed by atoms with Gasteiger partial charge in [-0.3, -0.25) is 4.79 Å². The van der Waals surface area contributed by atoms with Crippen LogP contribution in [-0.2, 0) is 4.74 Å². The van der Waals surface area contributed by atoms with E-state index in [1.165, 1.54) is 6.07 Å². The SMILES string of the molecule is Cc1cc([C@H]2CN(C(=O)c3ccn4ccnc4c3)CCO2)ccc1F. The molecule has 1 atom stereocenters. The molecule has 25 heavy (non-hydrogen) atoms. The summed E-state index contributed by atoms with van der Waals surface area (Å²) in [5, 5.41) is 0. The van der Waals surface area contributed by atoms with Crippen LogP contribution >= 0.6 is 0 Å². The minimum absolute atomic E-state index is 0.0439. The summed E-state index contributed by atoms with van der Waals surface area (Å²) in [5.74, 6) is -0.280. The number of fused-ring (bicyclic) bond motifs is 1. The number of nitrogens with zero attached hydrogens (tertiary/aromatic N) is 3. The quantitative estimate of drug-likeness (QED) is 0.721. The highest BCUT2D eigenvalue weighted by molar-refractivity contribution is 5.95. The highest BCUT2D eigenvalue weighted by Crippen LogP contribution is 2.25. The number of hydrogen-bond acceptors (Lipinski definition) is 3. The first-order valence-corrected chi connectivity index (χ1v) is 8.21. The van der Waals surface area contributed by atoms with E-state index in [9.17, 15) is 9.18 Å². The fourth-order valence-electron chi connectivity index (χ4n) is 3.13. The minimum Gasteiger partial charge on any atom is -0.370 e. The van der Waals surface area contributed by atoms with Gasteiger partial charge in [-0.1, -0.05) is 12.1 Å². The number of benzene rings is 1. The number of aromatic nitrogens is 2. The van der Waals surface area contributed by atoms with Gasteiger partial charge >= 0.3 is 0 Å². The molecule has 0 radical (unpaired) electrons. The Labute approximate surface area is 144 Å². The van der Waals surface area contributed by atoms with E-state index in [0.717, 1.165) is 11.2 Å². The molecule has 1 aliphatic heterocycles. The minimum atomic E-state index is -0.243. The fraction of sp³-hybridized carbons (Fsp3) is 0.263. The number of amides is 1. The van der Waals surface area contributed by atoms with E-state index in [-0.39, 0.29) is 17.8 Å². The Morgan fingerprint density at radius 1 is 1.28 bits per heavy atom. The maximum atomic E-state index is 13.5. The molecule has 2 aromatic heterocycles. The van der Waals surface area contributed by atoms with E-state index in [1.54, 1.807) is 42.3 Å². The lowest BCUT2D eigenvalue weighted by Crippen LogP contribution is -2.42. The Balaban J connectivity index is 1.55. The fourth-order valence-corrected chi connectivity index (χ4v) is 3.13. The maximum absolute atomic E-state index is 13.5. The van der Waals surface area contributed by atoms with Gasteiger partial charge in [0.25, 0.3) is 5.91 Å². The van der Waals surface area contributed by atoms with Crippen molar-refractivity contribution in [2.45, 2.75) is 13.0 Å². The number of morpholine rings is 1. The molecular weight excluding hydrogens is 321 g/mol. The number of carbonyl (C=O) groups is 1. The lowest BCUT2D eigenvalue weighted by atomic mass is 10.0. The van der Waals surface area contributed by atoms with Crippen LogP contribution in [0.15, 0.2) is 48.9 Å². The predicted molar refractivity (Wildman–Crippen MR) is 90.9 cm³/mol. The first-order valence-electron chi connectivity index (χ1n) is 8.21. The predicted octanol–water partition coefficient (Wildman–Crippen LogP) is 3.00. The number of ether oxygens (including phenoxy) is 1. The molecule has 1 aromatic carbocycles. The zero-order valence-corrected chi connectivity index (χ0v) is 13.9. The molecule has 1 amide bonds. The molecule has 0 spiro atoms. The number of pyridine rings is 1. The van der Waals surface area contributed by atoms with Gasteiger partial charge in [-0.2, -0.15) is 0 Å². The lowest BCUT2D eigenvalue weighted by molar-refractivity contribution is -0.0228. The molecule has 0 aliphatic carbocycles. The standard InChI is InChI=1S/C19H18FN3O2/c1-13-10-14(2-3-16(13)20)17-12-23(8-9-25-17)19(24)15-4-6-22-7-5-21-18(22)11-15/h2-7,10-11,17H,8-9,12H2,1H3/t17-/m1/s1. The summed E-state index contributed by atoms with van der Waals surface area (Å²) in [6.07, 6.45) is 5.12. The van der Waals surface area contributed by atoms with Crippen LogP contribution in [0.2, 0.25) is 0 Å². The van der Waals surface area contributed by atoms with E-state index in [4.69, 9.17) is 4.74 Å². The smallest absolute Gasteiger partial charge is 0.254 e. The van der Waals surface area contributed by atoms with Crippen LogP contribution in [0.25, 0.3) is 5.65 Å². The van der Waals surface area contributed by atoms with E-state index in [0.29, 0.717) is 30.8 Å². The molecule has 0 bridgehead atoms. The van der Waals surface area contributed by atoms with Gasteiger partial charge in [0.1, 0.15) is 17.6 Å². The summed E-state index contributed by atoms with van der Waals surface area (Å²) in [6.45, 7) is 3.17. The summed E-state index contributed by atoms with van der Waals surface area (Å²) in [7, 11) is 0. The van der Waals surface area contributed by atoms with Crippen molar-refractivity contribution in [1.82, 2.24) is 14.3 Å². The molecule has 4 rings (SSSR count). The zero-order valence-electron chi connectivity index (χ0n) is 13.9. The van der Waals surface area contributed by atoms with Gasteiger partial charge in [0, 0.05) is 30.7 Å². The van der Waals surface area contributed by atoms with Crippen molar-refractivity contribution < 1.29 is 13.9 Å². The van der Waals surface area contributed by atoms with Gasteiger partial charge in [0.15, 0.2) is 0 Å². The topological polar surface area (TPSA) is 46.8 Å². The molecule has 128 valence electrons. The Morgan fingerprint density at radius 2 is 2.16 bits per heavy atom. The molecule has 1 fully saturated rings. The first-order chi connectivity index (χ1) is 12.1. The molecule has 1 saturated heterocycles. The second-order valence-corrected chi connectivity index (χ2v) is 6.23. The van der Waals surface area contributed by atoms with Gasteiger partial charge in [0.2, 0.25) is 0 Å². The molecule has 1 aliphatic rings. The van der Waals surface area contributed by atoms with Crippen LogP contribution in [0, 0.1) is 12.7 Å². The molecule has 0 N–H and O–H groups in total. The van der Waals surface area contributed by atoms with Crippen molar-refractivity contribution in [3.63, 3.8) is 0 Å². The van der Waals surface area contributed by atoms with Gasteiger partial charge in [-0.15, -0.1) is 0 Å². The van der Waals surface area contributed by atoms with Crippen LogP contribution in [-0.4, -0.2) is 39.9 Å². The second kappa shape index (κ2) is 6.29.